The Hall–Kier alpha value is -2.10. The number of aromatic nitrogens is 2. The van der Waals surface area contributed by atoms with Crippen LogP contribution in [-0.4, -0.2) is 15.7 Å². The van der Waals surface area contributed by atoms with Crippen molar-refractivity contribution < 1.29 is 9.53 Å². The van der Waals surface area contributed by atoms with Crippen LogP contribution < -0.4 is 0 Å². The third kappa shape index (κ3) is 3.70. The lowest BCUT2D eigenvalue weighted by Gasteiger charge is -2.09. The van der Waals surface area contributed by atoms with Crippen LogP contribution in [0, 0.1) is 0 Å². The van der Waals surface area contributed by atoms with Crippen LogP contribution in [0.25, 0.3) is 0 Å². The van der Waals surface area contributed by atoms with Crippen molar-refractivity contribution in [2.45, 2.75) is 39.3 Å². The van der Waals surface area contributed by atoms with Gasteiger partial charge in [-0.15, -0.1) is 0 Å². The van der Waals surface area contributed by atoms with Crippen molar-refractivity contribution in [1.82, 2.24) is 9.78 Å². The van der Waals surface area contributed by atoms with E-state index in [9.17, 15) is 4.79 Å². The lowest BCUT2D eigenvalue weighted by atomic mass is 10.1. The number of nitrogens with zero attached hydrogens (tertiary/aromatic N) is 2. The Labute approximate surface area is 119 Å². The van der Waals surface area contributed by atoms with Crippen molar-refractivity contribution in [3.8, 4) is 0 Å². The highest BCUT2D eigenvalue weighted by molar-refractivity contribution is 5.77. The molecule has 0 aliphatic heterocycles. The van der Waals surface area contributed by atoms with Crippen molar-refractivity contribution in [1.29, 1.82) is 0 Å². The number of carbonyl (C=O) groups excluding carboxylic acids is 1. The smallest absolute Gasteiger partial charge is 0.313 e. The summed E-state index contributed by atoms with van der Waals surface area (Å²) < 4.78 is 7.19. The fourth-order valence-electron chi connectivity index (χ4n) is 1.94. The van der Waals surface area contributed by atoms with Crippen molar-refractivity contribution in [3.05, 3.63) is 53.9 Å². The minimum atomic E-state index is -0.288. The van der Waals surface area contributed by atoms with Crippen molar-refractivity contribution >= 4 is 5.97 Å². The number of ether oxygens (including phenoxy) is 1. The fourth-order valence-corrected chi connectivity index (χ4v) is 1.94. The number of hydrogen-bond donors (Lipinski definition) is 0. The van der Waals surface area contributed by atoms with Gasteiger partial charge in [0.1, 0.15) is 6.61 Å². The molecule has 0 radical (unpaired) electrons. The lowest BCUT2D eigenvalue weighted by Crippen LogP contribution is -2.12. The molecule has 1 unspecified atom stereocenters. The molecule has 1 heterocycles. The predicted octanol–water partition coefficient (Wildman–Crippen LogP) is 3.14. The summed E-state index contributed by atoms with van der Waals surface area (Å²) in [4.78, 5) is 12.0. The normalized spacial score (nSPS) is 12.1. The van der Waals surface area contributed by atoms with Crippen LogP contribution in [0.4, 0.5) is 0 Å². The van der Waals surface area contributed by atoms with E-state index in [0.29, 0.717) is 6.61 Å². The predicted molar refractivity (Wildman–Crippen MR) is 77.2 cm³/mol. The molecule has 20 heavy (non-hydrogen) atoms. The Kier molecular flexibility index (Phi) is 4.93. The van der Waals surface area contributed by atoms with E-state index in [1.807, 2.05) is 48.1 Å². The van der Waals surface area contributed by atoms with E-state index < -0.39 is 0 Å². The second kappa shape index (κ2) is 6.89. The Morgan fingerprint density at radius 3 is 2.80 bits per heavy atom. The van der Waals surface area contributed by atoms with Crippen LogP contribution in [0.15, 0.2) is 42.7 Å². The van der Waals surface area contributed by atoms with E-state index in [-0.39, 0.29) is 11.9 Å². The SMILES string of the molecule is CCCn1cc(C(C)C(=O)OCc2ccccc2)cn1. The summed E-state index contributed by atoms with van der Waals surface area (Å²) in [6.45, 7) is 5.12. The maximum Gasteiger partial charge on any atom is 0.313 e. The van der Waals surface area contributed by atoms with Crippen LogP contribution >= 0.6 is 0 Å². The molecule has 1 aromatic heterocycles. The first-order valence-corrected chi connectivity index (χ1v) is 6.93. The average molecular weight is 272 g/mol. The molecule has 0 spiro atoms. The molecule has 0 aliphatic carbocycles. The molecular formula is C16H20N2O2. The highest BCUT2D eigenvalue weighted by atomic mass is 16.5. The van der Waals surface area contributed by atoms with E-state index in [0.717, 1.165) is 24.1 Å². The van der Waals surface area contributed by atoms with Gasteiger partial charge in [0.2, 0.25) is 0 Å². The fraction of sp³-hybridized carbons (Fsp3) is 0.375. The van der Waals surface area contributed by atoms with E-state index in [4.69, 9.17) is 4.74 Å². The summed E-state index contributed by atoms with van der Waals surface area (Å²) in [5, 5.41) is 4.24. The molecule has 4 heteroatoms. The van der Waals surface area contributed by atoms with Crippen LogP contribution in [0.5, 0.6) is 0 Å². The third-order valence-electron chi connectivity index (χ3n) is 3.18. The van der Waals surface area contributed by atoms with Gasteiger partial charge < -0.3 is 4.74 Å². The largest absolute Gasteiger partial charge is 0.460 e. The molecule has 0 fully saturated rings. The summed E-state index contributed by atoms with van der Waals surface area (Å²) >= 11 is 0. The summed E-state index contributed by atoms with van der Waals surface area (Å²) in [5.74, 6) is -0.505. The monoisotopic (exact) mass is 272 g/mol. The number of carbonyl (C=O) groups is 1. The van der Waals surface area contributed by atoms with Crippen molar-refractivity contribution in [2.75, 3.05) is 0 Å². The van der Waals surface area contributed by atoms with Gasteiger partial charge in [-0.05, 0) is 18.9 Å². The highest BCUT2D eigenvalue weighted by Crippen LogP contribution is 2.17. The molecule has 4 nitrogen and oxygen atoms in total. The average Bonchev–Trinajstić information content (AvgIpc) is 2.94. The minimum Gasteiger partial charge on any atom is -0.460 e. The Morgan fingerprint density at radius 1 is 1.35 bits per heavy atom. The highest BCUT2D eigenvalue weighted by Gasteiger charge is 2.18. The molecule has 1 aromatic carbocycles. The van der Waals surface area contributed by atoms with Gasteiger partial charge in [0.15, 0.2) is 0 Å². The first kappa shape index (κ1) is 14.3. The second-order valence-electron chi connectivity index (χ2n) is 4.85. The topological polar surface area (TPSA) is 44.1 Å². The molecule has 2 aromatic rings. The zero-order chi connectivity index (χ0) is 14.4. The summed E-state index contributed by atoms with van der Waals surface area (Å²) in [6.07, 6.45) is 4.68. The van der Waals surface area contributed by atoms with Crippen LogP contribution in [-0.2, 0) is 22.7 Å². The van der Waals surface area contributed by atoms with E-state index >= 15 is 0 Å². The van der Waals surface area contributed by atoms with Crippen LogP contribution in [0.3, 0.4) is 0 Å². The number of benzene rings is 1. The molecular weight excluding hydrogens is 252 g/mol. The summed E-state index contributed by atoms with van der Waals surface area (Å²) in [7, 11) is 0. The molecule has 0 bridgehead atoms. The first-order valence-electron chi connectivity index (χ1n) is 6.93. The van der Waals surface area contributed by atoms with Gasteiger partial charge in [0.05, 0.1) is 12.1 Å². The number of esters is 1. The maximum atomic E-state index is 12.0. The first-order chi connectivity index (χ1) is 9.70. The van der Waals surface area contributed by atoms with Gasteiger partial charge in [0, 0.05) is 18.3 Å². The zero-order valence-electron chi connectivity index (χ0n) is 12.0. The maximum absolute atomic E-state index is 12.0. The Bertz CT molecular complexity index is 549. The van der Waals surface area contributed by atoms with Gasteiger partial charge in [-0.2, -0.15) is 5.10 Å². The van der Waals surface area contributed by atoms with E-state index in [1.165, 1.54) is 0 Å². The van der Waals surface area contributed by atoms with Crippen LogP contribution in [0.2, 0.25) is 0 Å². The van der Waals surface area contributed by atoms with Gasteiger partial charge in [0.25, 0.3) is 0 Å². The van der Waals surface area contributed by atoms with E-state index in [1.54, 1.807) is 6.20 Å². The number of rotatable bonds is 6. The zero-order valence-corrected chi connectivity index (χ0v) is 12.0. The second-order valence-corrected chi connectivity index (χ2v) is 4.85. The summed E-state index contributed by atoms with van der Waals surface area (Å²) in [5.41, 5.74) is 1.89. The lowest BCUT2D eigenvalue weighted by molar-refractivity contribution is -0.146. The summed E-state index contributed by atoms with van der Waals surface area (Å²) in [6, 6.07) is 9.69. The number of aryl methyl sites for hydroxylation is 1. The molecule has 2 rings (SSSR count). The Balaban J connectivity index is 1.91. The standard InChI is InChI=1S/C16H20N2O2/c1-3-9-18-11-15(10-17-18)13(2)16(19)20-12-14-7-5-4-6-8-14/h4-8,10-11,13H,3,9,12H2,1-2H3. The minimum absolute atomic E-state index is 0.218. The molecule has 0 N–H and O–H groups in total. The van der Waals surface area contributed by atoms with Gasteiger partial charge in [-0.25, -0.2) is 0 Å². The van der Waals surface area contributed by atoms with Crippen molar-refractivity contribution in [2.24, 2.45) is 0 Å². The van der Waals surface area contributed by atoms with Gasteiger partial charge in [-0.3, -0.25) is 9.48 Å². The molecule has 1 atom stereocenters. The molecule has 106 valence electrons. The molecule has 0 aliphatic rings. The van der Waals surface area contributed by atoms with E-state index in [2.05, 4.69) is 12.0 Å². The van der Waals surface area contributed by atoms with Gasteiger partial charge in [-0.1, -0.05) is 37.3 Å². The number of hydrogen-bond acceptors (Lipinski definition) is 3. The Morgan fingerprint density at radius 2 is 2.10 bits per heavy atom. The van der Waals surface area contributed by atoms with Crippen molar-refractivity contribution in [3.63, 3.8) is 0 Å². The molecule has 0 saturated carbocycles. The van der Waals surface area contributed by atoms with Crippen LogP contribution in [0.1, 0.15) is 37.3 Å². The quantitative estimate of drug-likeness (QED) is 0.759. The third-order valence-corrected chi connectivity index (χ3v) is 3.18. The van der Waals surface area contributed by atoms with Gasteiger partial charge >= 0.3 is 5.97 Å². The molecule has 0 saturated heterocycles. The molecule has 0 amide bonds.